The SMILES string of the molecule is O=S(=O)(c1ccc(NCC(O)C(F)F)cc1)C(F)F. The average Bonchev–Trinajstić information content (AvgIpc) is 2.36. The van der Waals surface area contributed by atoms with Crippen LogP contribution in [0.25, 0.3) is 0 Å². The van der Waals surface area contributed by atoms with Crippen molar-refractivity contribution in [3.63, 3.8) is 0 Å². The zero-order valence-corrected chi connectivity index (χ0v) is 10.2. The summed E-state index contributed by atoms with van der Waals surface area (Å²) in [5.41, 5.74) is 0.230. The molecule has 108 valence electrons. The van der Waals surface area contributed by atoms with Crippen LogP contribution >= 0.6 is 0 Å². The summed E-state index contributed by atoms with van der Waals surface area (Å²) in [6, 6.07) is 4.15. The van der Waals surface area contributed by atoms with Crippen molar-refractivity contribution in [3.05, 3.63) is 24.3 Å². The number of benzene rings is 1. The van der Waals surface area contributed by atoms with Crippen LogP contribution in [0.2, 0.25) is 0 Å². The Bertz CT molecular complexity index is 504. The third-order valence-electron chi connectivity index (χ3n) is 2.22. The number of aliphatic hydroxyl groups excluding tert-OH is 1. The number of hydrogen-bond donors (Lipinski definition) is 2. The maximum absolute atomic E-state index is 12.2. The summed E-state index contributed by atoms with van der Waals surface area (Å²) in [7, 11) is -4.67. The van der Waals surface area contributed by atoms with E-state index in [2.05, 4.69) is 5.32 Å². The number of alkyl halides is 4. The van der Waals surface area contributed by atoms with E-state index < -0.39 is 39.6 Å². The van der Waals surface area contributed by atoms with Crippen LogP contribution in [0.5, 0.6) is 0 Å². The highest BCUT2D eigenvalue weighted by Crippen LogP contribution is 2.20. The topological polar surface area (TPSA) is 66.4 Å². The number of nitrogens with one attached hydrogen (secondary N) is 1. The maximum atomic E-state index is 12.2. The Morgan fingerprint density at radius 1 is 1.11 bits per heavy atom. The first-order chi connectivity index (χ1) is 8.75. The van der Waals surface area contributed by atoms with E-state index in [0.717, 1.165) is 24.3 Å². The Kier molecular flexibility index (Phi) is 5.12. The van der Waals surface area contributed by atoms with Crippen molar-refractivity contribution >= 4 is 15.5 Å². The molecule has 1 rings (SSSR count). The minimum Gasteiger partial charge on any atom is -0.385 e. The molecule has 19 heavy (non-hydrogen) atoms. The molecule has 0 aromatic heterocycles. The van der Waals surface area contributed by atoms with E-state index in [4.69, 9.17) is 5.11 Å². The van der Waals surface area contributed by atoms with Gasteiger partial charge >= 0.3 is 5.76 Å². The molecule has 0 heterocycles. The fourth-order valence-corrected chi connectivity index (χ4v) is 1.90. The number of halogens is 4. The van der Waals surface area contributed by atoms with Gasteiger partial charge in [0.2, 0.25) is 9.84 Å². The Morgan fingerprint density at radius 2 is 1.63 bits per heavy atom. The van der Waals surface area contributed by atoms with Gasteiger partial charge in [0.25, 0.3) is 6.43 Å². The molecule has 2 N–H and O–H groups in total. The molecule has 0 amide bonds. The van der Waals surface area contributed by atoms with Crippen molar-refractivity contribution in [2.45, 2.75) is 23.2 Å². The lowest BCUT2D eigenvalue weighted by atomic mass is 10.3. The summed E-state index contributed by atoms with van der Waals surface area (Å²) in [6.07, 6.45) is -4.78. The number of sulfone groups is 1. The van der Waals surface area contributed by atoms with Crippen molar-refractivity contribution in [3.8, 4) is 0 Å². The predicted molar refractivity (Wildman–Crippen MR) is 60.1 cm³/mol. The van der Waals surface area contributed by atoms with Crippen molar-refractivity contribution in [2.75, 3.05) is 11.9 Å². The van der Waals surface area contributed by atoms with Crippen LogP contribution in [0, 0.1) is 0 Å². The van der Waals surface area contributed by atoms with Crippen molar-refractivity contribution < 1.29 is 31.1 Å². The molecule has 1 unspecified atom stereocenters. The molecule has 0 radical (unpaired) electrons. The Labute approximate surface area is 107 Å². The molecular formula is C10H11F4NO3S. The molecule has 0 spiro atoms. The lowest BCUT2D eigenvalue weighted by Gasteiger charge is -2.12. The van der Waals surface area contributed by atoms with E-state index in [9.17, 15) is 26.0 Å². The quantitative estimate of drug-likeness (QED) is 0.785. The zero-order valence-electron chi connectivity index (χ0n) is 9.43. The van der Waals surface area contributed by atoms with Crippen LogP contribution in [0.1, 0.15) is 0 Å². The molecule has 0 bridgehead atoms. The van der Waals surface area contributed by atoms with E-state index >= 15 is 0 Å². The summed E-state index contributed by atoms with van der Waals surface area (Å²) < 4.78 is 70.6. The summed E-state index contributed by atoms with van der Waals surface area (Å²) in [4.78, 5) is -0.567. The molecule has 9 heteroatoms. The molecule has 0 aliphatic rings. The third kappa shape index (κ3) is 4.06. The number of rotatable bonds is 6. The summed E-state index contributed by atoms with van der Waals surface area (Å²) in [6.45, 7) is -0.446. The first-order valence-corrected chi connectivity index (χ1v) is 6.62. The van der Waals surface area contributed by atoms with E-state index in [1.165, 1.54) is 0 Å². The van der Waals surface area contributed by atoms with Crippen LogP contribution in [-0.2, 0) is 9.84 Å². The van der Waals surface area contributed by atoms with Crippen LogP contribution in [0.4, 0.5) is 23.2 Å². The van der Waals surface area contributed by atoms with E-state index in [0.29, 0.717) is 0 Å². The number of anilines is 1. The first-order valence-electron chi connectivity index (χ1n) is 5.07. The molecule has 0 aliphatic carbocycles. The molecule has 0 fully saturated rings. The fraction of sp³-hybridized carbons (Fsp3) is 0.400. The van der Waals surface area contributed by atoms with Gasteiger partial charge in [0.15, 0.2) is 0 Å². The Balaban J connectivity index is 2.73. The van der Waals surface area contributed by atoms with Crippen molar-refractivity contribution in [2.24, 2.45) is 0 Å². The predicted octanol–water partition coefficient (Wildman–Crippen LogP) is 1.72. The number of aliphatic hydroxyl groups is 1. The Hall–Kier alpha value is -1.35. The lowest BCUT2D eigenvalue weighted by Crippen LogP contribution is -2.26. The molecule has 1 atom stereocenters. The standard InChI is InChI=1S/C10H11F4NO3S/c11-9(12)8(16)5-15-6-1-3-7(4-2-6)19(17,18)10(13)14/h1-4,8-10,15-16H,5H2. The largest absolute Gasteiger partial charge is 0.385 e. The van der Waals surface area contributed by atoms with Gasteiger partial charge in [-0.2, -0.15) is 8.78 Å². The fourth-order valence-electron chi connectivity index (χ4n) is 1.18. The van der Waals surface area contributed by atoms with Gasteiger partial charge in [-0.25, -0.2) is 17.2 Å². The van der Waals surface area contributed by atoms with Gasteiger partial charge in [-0.05, 0) is 24.3 Å². The smallest absolute Gasteiger partial charge is 0.341 e. The summed E-state index contributed by atoms with van der Waals surface area (Å²) in [5.74, 6) is -3.52. The van der Waals surface area contributed by atoms with Crippen molar-refractivity contribution in [1.29, 1.82) is 0 Å². The van der Waals surface area contributed by atoms with Crippen LogP contribution in [0.15, 0.2) is 29.2 Å². The van der Waals surface area contributed by atoms with Gasteiger partial charge in [0, 0.05) is 12.2 Å². The highest BCUT2D eigenvalue weighted by Gasteiger charge is 2.26. The highest BCUT2D eigenvalue weighted by molar-refractivity contribution is 7.91. The van der Waals surface area contributed by atoms with Crippen LogP contribution in [0.3, 0.4) is 0 Å². The normalized spacial score (nSPS) is 13.8. The molecule has 0 saturated heterocycles. The van der Waals surface area contributed by atoms with Gasteiger partial charge in [0.1, 0.15) is 6.10 Å². The second-order valence-electron chi connectivity index (χ2n) is 3.61. The average molecular weight is 301 g/mol. The van der Waals surface area contributed by atoms with Gasteiger partial charge in [-0.15, -0.1) is 0 Å². The van der Waals surface area contributed by atoms with E-state index in [-0.39, 0.29) is 5.69 Å². The zero-order chi connectivity index (χ0) is 14.6. The second-order valence-corrected chi connectivity index (χ2v) is 5.53. The molecule has 0 aliphatic heterocycles. The summed E-state index contributed by atoms with van der Waals surface area (Å²) >= 11 is 0. The summed E-state index contributed by atoms with van der Waals surface area (Å²) in [5, 5.41) is 11.3. The minimum absolute atomic E-state index is 0.230. The maximum Gasteiger partial charge on any atom is 0.341 e. The van der Waals surface area contributed by atoms with Crippen LogP contribution < -0.4 is 5.32 Å². The molecule has 0 saturated carbocycles. The van der Waals surface area contributed by atoms with Gasteiger partial charge in [0.05, 0.1) is 4.90 Å². The minimum atomic E-state index is -4.67. The van der Waals surface area contributed by atoms with E-state index in [1.807, 2.05) is 0 Å². The highest BCUT2D eigenvalue weighted by atomic mass is 32.2. The monoisotopic (exact) mass is 301 g/mol. The van der Waals surface area contributed by atoms with Gasteiger partial charge in [-0.3, -0.25) is 0 Å². The molecule has 1 aromatic carbocycles. The number of hydrogen-bond acceptors (Lipinski definition) is 4. The van der Waals surface area contributed by atoms with Gasteiger partial charge in [-0.1, -0.05) is 0 Å². The Morgan fingerprint density at radius 3 is 2.05 bits per heavy atom. The van der Waals surface area contributed by atoms with Crippen LogP contribution in [-0.4, -0.2) is 38.4 Å². The van der Waals surface area contributed by atoms with Crippen molar-refractivity contribution in [1.82, 2.24) is 0 Å². The lowest BCUT2D eigenvalue weighted by molar-refractivity contribution is 0.00384. The van der Waals surface area contributed by atoms with Gasteiger partial charge < -0.3 is 10.4 Å². The third-order valence-corrected chi connectivity index (χ3v) is 3.62. The van der Waals surface area contributed by atoms with E-state index in [1.54, 1.807) is 0 Å². The first kappa shape index (κ1) is 15.7. The molecule has 4 nitrogen and oxygen atoms in total. The molecule has 1 aromatic rings. The second kappa shape index (κ2) is 6.20. The molecular weight excluding hydrogens is 290 g/mol.